The molecule has 1 N–H and O–H groups in total. The fraction of sp³-hybridized carbons (Fsp3) is 0.353. The first-order valence-electron chi connectivity index (χ1n) is 7.37. The summed E-state index contributed by atoms with van der Waals surface area (Å²) in [6.07, 6.45) is 1.76. The molecule has 1 aromatic carbocycles. The van der Waals surface area contributed by atoms with Gasteiger partial charge in [-0.25, -0.2) is 0 Å². The van der Waals surface area contributed by atoms with Gasteiger partial charge in [-0.05, 0) is 30.5 Å². The second-order valence-corrected chi connectivity index (χ2v) is 5.57. The summed E-state index contributed by atoms with van der Waals surface area (Å²) in [5.41, 5.74) is 2.56. The molecule has 1 saturated heterocycles. The van der Waals surface area contributed by atoms with Gasteiger partial charge in [0.25, 0.3) is 5.91 Å². The van der Waals surface area contributed by atoms with Crippen molar-refractivity contribution in [2.24, 2.45) is 5.92 Å². The van der Waals surface area contributed by atoms with Gasteiger partial charge in [-0.3, -0.25) is 9.18 Å². The van der Waals surface area contributed by atoms with Gasteiger partial charge in [0.1, 0.15) is 5.69 Å². The smallest absolute Gasteiger partial charge is 0.270 e. The zero-order valence-electron chi connectivity index (χ0n) is 11.9. The van der Waals surface area contributed by atoms with E-state index in [9.17, 15) is 9.18 Å². The SMILES string of the molecule is O=C(c1ccc(-c2ccccc2)[nH]1)N1CCCC(CF)C1. The van der Waals surface area contributed by atoms with Crippen LogP contribution in [0.25, 0.3) is 11.3 Å². The largest absolute Gasteiger partial charge is 0.351 e. The summed E-state index contributed by atoms with van der Waals surface area (Å²) >= 11 is 0. The molecule has 3 nitrogen and oxygen atoms in total. The van der Waals surface area contributed by atoms with E-state index in [1.165, 1.54) is 0 Å². The van der Waals surface area contributed by atoms with Crippen molar-refractivity contribution in [2.75, 3.05) is 19.8 Å². The number of amides is 1. The zero-order valence-corrected chi connectivity index (χ0v) is 11.9. The minimum absolute atomic E-state index is 0.00810. The summed E-state index contributed by atoms with van der Waals surface area (Å²) in [6, 6.07) is 13.6. The molecule has 0 radical (unpaired) electrons. The minimum atomic E-state index is -0.343. The quantitative estimate of drug-likeness (QED) is 0.921. The van der Waals surface area contributed by atoms with Crippen LogP contribution in [0.15, 0.2) is 42.5 Å². The van der Waals surface area contributed by atoms with Gasteiger partial charge in [0.15, 0.2) is 0 Å². The Morgan fingerprint density at radius 2 is 2.05 bits per heavy atom. The van der Waals surface area contributed by atoms with Gasteiger partial charge >= 0.3 is 0 Å². The second kappa shape index (κ2) is 6.12. The number of hydrogen-bond donors (Lipinski definition) is 1. The molecule has 2 heterocycles. The second-order valence-electron chi connectivity index (χ2n) is 5.57. The molecule has 4 heteroatoms. The highest BCUT2D eigenvalue weighted by Gasteiger charge is 2.25. The molecule has 1 unspecified atom stereocenters. The van der Waals surface area contributed by atoms with E-state index in [4.69, 9.17) is 0 Å². The lowest BCUT2D eigenvalue weighted by molar-refractivity contribution is 0.0651. The van der Waals surface area contributed by atoms with E-state index in [-0.39, 0.29) is 18.5 Å². The fourth-order valence-electron chi connectivity index (χ4n) is 2.85. The van der Waals surface area contributed by atoms with Gasteiger partial charge in [0.2, 0.25) is 0 Å². The third kappa shape index (κ3) is 2.99. The molecule has 110 valence electrons. The van der Waals surface area contributed by atoms with Crippen molar-refractivity contribution in [3.05, 3.63) is 48.2 Å². The van der Waals surface area contributed by atoms with Gasteiger partial charge in [0, 0.05) is 24.7 Å². The third-order valence-electron chi connectivity index (χ3n) is 4.03. The monoisotopic (exact) mass is 286 g/mol. The number of carbonyl (C=O) groups excluding carboxylic acids is 1. The Morgan fingerprint density at radius 3 is 2.81 bits per heavy atom. The van der Waals surface area contributed by atoms with Crippen LogP contribution in [0, 0.1) is 5.92 Å². The summed E-state index contributed by atoms with van der Waals surface area (Å²) in [7, 11) is 0. The van der Waals surface area contributed by atoms with Gasteiger partial charge in [-0.2, -0.15) is 0 Å². The van der Waals surface area contributed by atoms with E-state index in [0.717, 1.165) is 30.6 Å². The van der Waals surface area contributed by atoms with Crippen molar-refractivity contribution in [1.82, 2.24) is 9.88 Å². The highest BCUT2D eigenvalue weighted by Crippen LogP contribution is 2.21. The lowest BCUT2D eigenvalue weighted by Crippen LogP contribution is -2.40. The average Bonchev–Trinajstić information content (AvgIpc) is 3.05. The van der Waals surface area contributed by atoms with Crippen LogP contribution < -0.4 is 0 Å². The zero-order chi connectivity index (χ0) is 14.7. The number of H-pyrrole nitrogens is 1. The normalized spacial score (nSPS) is 18.7. The molecule has 0 spiro atoms. The molecule has 1 amide bonds. The van der Waals surface area contributed by atoms with Crippen LogP contribution in [0.5, 0.6) is 0 Å². The van der Waals surface area contributed by atoms with Crippen LogP contribution in [0.1, 0.15) is 23.3 Å². The summed E-state index contributed by atoms with van der Waals surface area (Å²) < 4.78 is 12.8. The van der Waals surface area contributed by atoms with E-state index in [1.807, 2.05) is 42.5 Å². The standard InChI is InChI=1S/C17H19FN2O/c18-11-13-5-4-10-20(12-13)17(21)16-9-8-15(19-16)14-6-2-1-3-7-14/h1-3,6-9,13,19H,4-5,10-12H2. The third-order valence-corrected chi connectivity index (χ3v) is 4.03. The number of alkyl halides is 1. The Morgan fingerprint density at radius 1 is 1.24 bits per heavy atom. The molecule has 21 heavy (non-hydrogen) atoms. The lowest BCUT2D eigenvalue weighted by Gasteiger charge is -2.31. The Labute approximate surface area is 123 Å². The Bertz CT molecular complexity index is 608. The molecular formula is C17H19FN2O. The number of aromatic nitrogens is 1. The number of benzene rings is 1. The maximum absolute atomic E-state index is 12.8. The number of hydrogen-bond acceptors (Lipinski definition) is 1. The molecule has 1 aromatic heterocycles. The van der Waals surface area contributed by atoms with Gasteiger partial charge in [-0.1, -0.05) is 30.3 Å². The van der Waals surface area contributed by atoms with Crippen LogP contribution in [-0.4, -0.2) is 35.6 Å². The summed E-state index contributed by atoms with van der Waals surface area (Å²) in [6.45, 7) is 0.897. The molecule has 1 aliphatic heterocycles. The topological polar surface area (TPSA) is 36.1 Å². The highest BCUT2D eigenvalue weighted by atomic mass is 19.1. The molecule has 3 rings (SSSR count). The van der Waals surface area contributed by atoms with Crippen molar-refractivity contribution in [1.29, 1.82) is 0 Å². The first-order valence-corrected chi connectivity index (χ1v) is 7.37. The van der Waals surface area contributed by atoms with E-state index >= 15 is 0 Å². The van der Waals surface area contributed by atoms with E-state index in [2.05, 4.69) is 4.98 Å². The van der Waals surface area contributed by atoms with Crippen LogP contribution in [0.4, 0.5) is 4.39 Å². The van der Waals surface area contributed by atoms with Gasteiger partial charge < -0.3 is 9.88 Å². The van der Waals surface area contributed by atoms with Crippen molar-refractivity contribution < 1.29 is 9.18 Å². The number of carbonyl (C=O) groups is 1. The number of halogens is 1. The van der Waals surface area contributed by atoms with Crippen LogP contribution in [-0.2, 0) is 0 Å². The number of likely N-dealkylation sites (tertiary alicyclic amines) is 1. The van der Waals surface area contributed by atoms with E-state index in [0.29, 0.717) is 12.2 Å². The number of nitrogens with one attached hydrogen (secondary N) is 1. The average molecular weight is 286 g/mol. The van der Waals surface area contributed by atoms with Gasteiger partial charge in [-0.15, -0.1) is 0 Å². The van der Waals surface area contributed by atoms with Gasteiger partial charge in [0.05, 0.1) is 6.67 Å². The number of nitrogens with zero attached hydrogens (tertiary/aromatic N) is 1. The number of piperidine rings is 1. The van der Waals surface area contributed by atoms with Crippen LogP contribution in [0.3, 0.4) is 0 Å². The predicted octanol–water partition coefficient (Wildman–Crippen LogP) is 3.50. The molecule has 2 aromatic rings. The Balaban J connectivity index is 1.75. The first-order chi connectivity index (χ1) is 10.3. The van der Waals surface area contributed by atoms with Crippen LogP contribution >= 0.6 is 0 Å². The lowest BCUT2D eigenvalue weighted by atomic mass is 9.99. The molecule has 0 saturated carbocycles. The maximum atomic E-state index is 12.8. The van der Waals surface area contributed by atoms with E-state index < -0.39 is 0 Å². The van der Waals surface area contributed by atoms with Crippen molar-refractivity contribution in [3.63, 3.8) is 0 Å². The maximum Gasteiger partial charge on any atom is 0.270 e. The Hall–Kier alpha value is -2.10. The van der Waals surface area contributed by atoms with Crippen molar-refractivity contribution >= 4 is 5.91 Å². The number of rotatable bonds is 3. The number of aromatic amines is 1. The molecule has 0 aliphatic carbocycles. The highest BCUT2D eigenvalue weighted by molar-refractivity contribution is 5.93. The summed E-state index contributed by atoms with van der Waals surface area (Å²) in [5.74, 6) is -0.0402. The molecule has 0 bridgehead atoms. The molecular weight excluding hydrogens is 267 g/mol. The van der Waals surface area contributed by atoms with Crippen molar-refractivity contribution in [3.8, 4) is 11.3 Å². The fourth-order valence-corrected chi connectivity index (χ4v) is 2.85. The minimum Gasteiger partial charge on any atom is -0.351 e. The first kappa shape index (κ1) is 13.9. The Kier molecular flexibility index (Phi) is 4.04. The summed E-state index contributed by atoms with van der Waals surface area (Å²) in [5, 5.41) is 0. The van der Waals surface area contributed by atoms with Crippen molar-refractivity contribution in [2.45, 2.75) is 12.8 Å². The van der Waals surface area contributed by atoms with Crippen LogP contribution in [0.2, 0.25) is 0 Å². The summed E-state index contributed by atoms with van der Waals surface area (Å²) in [4.78, 5) is 17.4. The predicted molar refractivity (Wildman–Crippen MR) is 80.8 cm³/mol. The molecule has 1 atom stereocenters. The van der Waals surface area contributed by atoms with E-state index in [1.54, 1.807) is 4.90 Å². The molecule has 1 fully saturated rings. The molecule has 1 aliphatic rings.